The van der Waals surface area contributed by atoms with Gasteiger partial charge in [0.15, 0.2) is 5.82 Å². The van der Waals surface area contributed by atoms with Gasteiger partial charge in [-0.3, -0.25) is 5.10 Å². The van der Waals surface area contributed by atoms with Gasteiger partial charge in [-0.2, -0.15) is 4.98 Å². The molecule has 4 rings (SSSR count). The van der Waals surface area contributed by atoms with Crippen molar-refractivity contribution < 1.29 is 0 Å². The van der Waals surface area contributed by atoms with Crippen LogP contribution in [0.3, 0.4) is 0 Å². The normalized spacial score (nSPS) is 10.6. The molecule has 0 spiro atoms. The highest BCUT2D eigenvalue weighted by molar-refractivity contribution is 5.92. The second-order valence-corrected chi connectivity index (χ2v) is 5.47. The van der Waals surface area contributed by atoms with E-state index in [0.29, 0.717) is 17.6 Å². The number of anilines is 2. The van der Waals surface area contributed by atoms with E-state index in [1.165, 1.54) is 0 Å². The Labute approximate surface area is 144 Å². The Balaban J connectivity index is 1.91. The van der Waals surface area contributed by atoms with Gasteiger partial charge < -0.3 is 5.32 Å². The molecule has 6 heteroatoms. The van der Waals surface area contributed by atoms with Gasteiger partial charge in [-0.05, 0) is 31.2 Å². The van der Waals surface area contributed by atoms with Gasteiger partial charge in [0.05, 0.1) is 5.52 Å². The molecule has 0 amide bonds. The summed E-state index contributed by atoms with van der Waals surface area (Å²) in [7, 11) is 0. The number of fused-ring (bicyclic) bond motifs is 1. The number of aromatic nitrogens is 5. The van der Waals surface area contributed by atoms with Gasteiger partial charge in [0.1, 0.15) is 11.6 Å². The molecule has 120 valence electrons. The molecule has 6 nitrogen and oxygen atoms in total. The van der Waals surface area contributed by atoms with Crippen LogP contribution in [0.2, 0.25) is 0 Å². The molecule has 0 aliphatic rings. The van der Waals surface area contributed by atoms with Crippen molar-refractivity contribution >= 4 is 22.7 Å². The largest absolute Gasteiger partial charge is 0.307 e. The van der Waals surface area contributed by atoms with Crippen LogP contribution in [0.5, 0.6) is 0 Å². The van der Waals surface area contributed by atoms with Crippen LogP contribution in [0.4, 0.5) is 11.8 Å². The van der Waals surface area contributed by atoms with Crippen molar-refractivity contribution in [2.24, 2.45) is 0 Å². The molecule has 4 aromatic rings. The van der Waals surface area contributed by atoms with Crippen molar-refractivity contribution in [3.63, 3.8) is 0 Å². The van der Waals surface area contributed by atoms with Gasteiger partial charge in [-0.25, -0.2) is 9.97 Å². The fraction of sp³-hybridized carbons (Fsp3) is 0.0526. The standard InChI is InChI=1S/C19H14N6/c1-3-13-8-4-5-9-14(13)17-21-16-11-7-6-10-15(16)18(22-17)23-19-20-12(2)24-25-19/h1,4-11H,2H3,(H2,20,21,22,23,24,25). The van der Waals surface area contributed by atoms with Crippen LogP contribution < -0.4 is 5.32 Å². The molecule has 2 heterocycles. The van der Waals surface area contributed by atoms with E-state index in [1.807, 2.05) is 55.5 Å². The van der Waals surface area contributed by atoms with Crippen molar-refractivity contribution in [1.29, 1.82) is 0 Å². The number of terminal acetylenes is 1. The zero-order valence-electron chi connectivity index (χ0n) is 13.5. The lowest BCUT2D eigenvalue weighted by Gasteiger charge is -2.10. The fourth-order valence-electron chi connectivity index (χ4n) is 2.60. The van der Waals surface area contributed by atoms with E-state index in [4.69, 9.17) is 6.42 Å². The van der Waals surface area contributed by atoms with Crippen molar-refractivity contribution in [3.05, 3.63) is 59.9 Å². The molecule has 0 aliphatic heterocycles. The maximum atomic E-state index is 5.62. The second-order valence-electron chi connectivity index (χ2n) is 5.47. The third-order valence-electron chi connectivity index (χ3n) is 3.75. The average molecular weight is 326 g/mol. The summed E-state index contributed by atoms with van der Waals surface area (Å²) < 4.78 is 0. The van der Waals surface area contributed by atoms with Gasteiger partial charge in [0, 0.05) is 16.5 Å². The Bertz CT molecular complexity index is 1110. The van der Waals surface area contributed by atoms with E-state index in [9.17, 15) is 0 Å². The Morgan fingerprint density at radius 3 is 2.60 bits per heavy atom. The maximum Gasteiger partial charge on any atom is 0.247 e. The number of H-pyrrole nitrogens is 1. The molecule has 0 atom stereocenters. The van der Waals surface area contributed by atoms with Gasteiger partial charge >= 0.3 is 0 Å². The Morgan fingerprint density at radius 1 is 1.00 bits per heavy atom. The fourth-order valence-corrected chi connectivity index (χ4v) is 2.60. The van der Waals surface area contributed by atoms with Crippen LogP contribution in [0, 0.1) is 19.3 Å². The predicted molar refractivity (Wildman–Crippen MR) is 97.3 cm³/mol. The quantitative estimate of drug-likeness (QED) is 0.564. The Hall–Kier alpha value is -3.72. The van der Waals surface area contributed by atoms with Gasteiger partial charge in [-0.1, -0.05) is 30.2 Å². The number of aryl methyl sites for hydroxylation is 1. The zero-order valence-corrected chi connectivity index (χ0v) is 13.5. The molecule has 2 aromatic carbocycles. The molecule has 2 aromatic heterocycles. The SMILES string of the molecule is C#Cc1ccccc1-c1nc(Nc2n[nH]c(C)n2)c2ccccc2n1. The van der Waals surface area contributed by atoms with E-state index < -0.39 is 0 Å². The third kappa shape index (κ3) is 2.79. The molecule has 2 N–H and O–H groups in total. The molecule has 0 radical (unpaired) electrons. The van der Waals surface area contributed by atoms with Crippen LogP contribution in [0.15, 0.2) is 48.5 Å². The maximum absolute atomic E-state index is 5.62. The molecule has 0 unspecified atom stereocenters. The number of nitrogens with zero attached hydrogens (tertiary/aromatic N) is 4. The van der Waals surface area contributed by atoms with Crippen LogP contribution in [-0.2, 0) is 0 Å². The van der Waals surface area contributed by atoms with Gasteiger partial charge in [0.25, 0.3) is 0 Å². The van der Waals surface area contributed by atoms with Crippen molar-refractivity contribution in [2.75, 3.05) is 5.32 Å². The summed E-state index contributed by atoms with van der Waals surface area (Å²) in [5, 5.41) is 11.0. The lowest BCUT2D eigenvalue weighted by Crippen LogP contribution is -2.01. The summed E-state index contributed by atoms with van der Waals surface area (Å²) in [6, 6.07) is 15.4. The van der Waals surface area contributed by atoms with Crippen molar-refractivity contribution in [2.45, 2.75) is 6.92 Å². The first-order chi connectivity index (χ1) is 12.2. The number of hydrogen-bond donors (Lipinski definition) is 2. The lowest BCUT2D eigenvalue weighted by atomic mass is 10.1. The molecular formula is C19H14N6. The third-order valence-corrected chi connectivity index (χ3v) is 3.75. The zero-order chi connectivity index (χ0) is 17.2. The highest BCUT2D eigenvalue weighted by atomic mass is 15.3. The number of nitrogens with one attached hydrogen (secondary N) is 2. The first-order valence-corrected chi connectivity index (χ1v) is 7.73. The summed E-state index contributed by atoms with van der Waals surface area (Å²) in [4.78, 5) is 13.6. The smallest absolute Gasteiger partial charge is 0.247 e. The predicted octanol–water partition coefficient (Wildman–Crippen LogP) is 3.45. The molecule has 25 heavy (non-hydrogen) atoms. The summed E-state index contributed by atoms with van der Waals surface area (Å²) in [5.74, 6) is 5.05. The number of benzene rings is 2. The average Bonchev–Trinajstić information content (AvgIpc) is 3.06. The molecule has 0 fully saturated rings. The number of para-hydroxylation sites is 1. The van der Waals surface area contributed by atoms with E-state index in [2.05, 4.69) is 36.4 Å². The monoisotopic (exact) mass is 326 g/mol. The topological polar surface area (TPSA) is 79.4 Å². The van der Waals surface area contributed by atoms with E-state index in [1.54, 1.807) is 0 Å². The van der Waals surface area contributed by atoms with Crippen molar-refractivity contribution in [3.8, 4) is 23.7 Å². The van der Waals surface area contributed by atoms with Crippen LogP contribution >= 0.6 is 0 Å². The van der Waals surface area contributed by atoms with Gasteiger partial charge in [0.2, 0.25) is 5.95 Å². The first-order valence-electron chi connectivity index (χ1n) is 7.73. The molecule has 0 saturated carbocycles. The second kappa shape index (κ2) is 6.06. The van der Waals surface area contributed by atoms with E-state index in [0.717, 1.165) is 27.9 Å². The first kappa shape index (κ1) is 14.8. The minimum Gasteiger partial charge on any atom is -0.307 e. The lowest BCUT2D eigenvalue weighted by molar-refractivity contribution is 1.04. The summed E-state index contributed by atoms with van der Waals surface area (Å²) in [5.41, 5.74) is 2.37. The summed E-state index contributed by atoms with van der Waals surface area (Å²) in [6.45, 7) is 1.84. The Kier molecular flexibility index (Phi) is 3.60. The number of aromatic amines is 1. The highest BCUT2D eigenvalue weighted by Gasteiger charge is 2.13. The van der Waals surface area contributed by atoms with Crippen LogP contribution in [-0.4, -0.2) is 25.1 Å². The Morgan fingerprint density at radius 2 is 1.80 bits per heavy atom. The minimum atomic E-state index is 0.456. The van der Waals surface area contributed by atoms with Crippen LogP contribution in [0.25, 0.3) is 22.3 Å². The van der Waals surface area contributed by atoms with E-state index in [-0.39, 0.29) is 0 Å². The molecule has 0 saturated heterocycles. The summed E-state index contributed by atoms with van der Waals surface area (Å²) in [6.07, 6.45) is 5.62. The summed E-state index contributed by atoms with van der Waals surface area (Å²) >= 11 is 0. The number of hydrogen-bond acceptors (Lipinski definition) is 5. The van der Waals surface area contributed by atoms with Crippen LogP contribution in [0.1, 0.15) is 11.4 Å². The molecule has 0 bridgehead atoms. The minimum absolute atomic E-state index is 0.456. The highest BCUT2D eigenvalue weighted by Crippen LogP contribution is 2.27. The van der Waals surface area contributed by atoms with E-state index >= 15 is 0 Å². The van der Waals surface area contributed by atoms with Gasteiger partial charge in [-0.15, -0.1) is 11.5 Å². The van der Waals surface area contributed by atoms with Crippen molar-refractivity contribution in [1.82, 2.24) is 25.1 Å². The number of rotatable bonds is 3. The molecular weight excluding hydrogens is 312 g/mol. The molecule has 0 aliphatic carbocycles.